The van der Waals surface area contributed by atoms with E-state index < -0.39 is 38.6 Å². The predicted molar refractivity (Wildman–Crippen MR) is 75.1 cm³/mol. The van der Waals surface area contributed by atoms with Crippen LogP contribution in [0.2, 0.25) is 0 Å². The fourth-order valence-electron chi connectivity index (χ4n) is 2.45. The minimum Gasteiger partial charge on any atom is -0.392 e. The Balaban J connectivity index is 2.50. The monoisotopic (exact) mass is 319 g/mol. The standard InChI is InChI=1S/C14H19F2NO3S/c1-14(2,3)21(19,20)17-8-10(18)7-13(17)11-6-9(15)4-5-12(11)16/h4-6,10,13,18H,7-8H2,1-3H3. The molecule has 2 rings (SSSR count). The van der Waals surface area contributed by atoms with Gasteiger partial charge in [-0.15, -0.1) is 0 Å². The Morgan fingerprint density at radius 1 is 1.29 bits per heavy atom. The van der Waals surface area contributed by atoms with Gasteiger partial charge in [-0.05, 0) is 45.4 Å². The fourth-order valence-corrected chi connectivity index (χ4v) is 4.06. The Hall–Kier alpha value is -1.05. The molecular formula is C14H19F2NO3S. The molecule has 1 N–H and O–H groups in total. The average Bonchev–Trinajstić information content (AvgIpc) is 2.73. The van der Waals surface area contributed by atoms with Crippen molar-refractivity contribution in [2.75, 3.05) is 6.54 Å². The highest BCUT2D eigenvalue weighted by atomic mass is 32.2. The molecule has 2 unspecified atom stereocenters. The van der Waals surface area contributed by atoms with Gasteiger partial charge in [-0.1, -0.05) is 0 Å². The van der Waals surface area contributed by atoms with Crippen molar-refractivity contribution in [2.45, 2.75) is 44.1 Å². The van der Waals surface area contributed by atoms with Gasteiger partial charge >= 0.3 is 0 Å². The summed E-state index contributed by atoms with van der Waals surface area (Å²) in [5.74, 6) is -1.31. The summed E-state index contributed by atoms with van der Waals surface area (Å²) in [6, 6.07) is 2.05. The van der Waals surface area contributed by atoms with Crippen molar-refractivity contribution in [1.82, 2.24) is 4.31 Å². The lowest BCUT2D eigenvalue weighted by Gasteiger charge is -2.31. The van der Waals surface area contributed by atoms with Crippen LogP contribution in [0.3, 0.4) is 0 Å². The number of nitrogens with zero attached hydrogens (tertiary/aromatic N) is 1. The van der Waals surface area contributed by atoms with Crippen LogP contribution < -0.4 is 0 Å². The molecule has 7 heteroatoms. The van der Waals surface area contributed by atoms with Gasteiger partial charge < -0.3 is 5.11 Å². The Bertz CT molecular complexity index is 640. The molecule has 0 aromatic heterocycles. The van der Waals surface area contributed by atoms with E-state index in [-0.39, 0.29) is 18.5 Å². The minimum absolute atomic E-state index is 0.0422. The summed E-state index contributed by atoms with van der Waals surface area (Å²) >= 11 is 0. The second kappa shape index (κ2) is 5.30. The van der Waals surface area contributed by atoms with Gasteiger partial charge in [0.05, 0.1) is 16.9 Å². The zero-order chi connectivity index (χ0) is 16.0. The van der Waals surface area contributed by atoms with E-state index in [4.69, 9.17) is 0 Å². The van der Waals surface area contributed by atoms with E-state index in [2.05, 4.69) is 0 Å². The molecule has 1 heterocycles. The lowest BCUT2D eigenvalue weighted by molar-refractivity contribution is 0.188. The van der Waals surface area contributed by atoms with Crippen molar-refractivity contribution in [3.05, 3.63) is 35.4 Å². The van der Waals surface area contributed by atoms with Crippen LogP contribution in [0, 0.1) is 11.6 Å². The first-order valence-corrected chi connectivity index (χ1v) is 8.12. The highest BCUT2D eigenvalue weighted by Crippen LogP contribution is 2.39. The summed E-state index contributed by atoms with van der Waals surface area (Å²) in [5, 5.41) is 9.80. The van der Waals surface area contributed by atoms with Crippen LogP contribution in [-0.4, -0.2) is 35.2 Å². The molecule has 1 aliphatic rings. The van der Waals surface area contributed by atoms with E-state index >= 15 is 0 Å². The molecule has 1 saturated heterocycles. The van der Waals surface area contributed by atoms with Gasteiger partial charge in [-0.25, -0.2) is 17.2 Å². The molecule has 2 atom stereocenters. The number of rotatable bonds is 2. The number of halogens is 2. The van der Waals surface area contributed by atoms with Crippen molar-refractivity contribution < 1.29 is 22.3 Å². The largest absolute Gasteiger partial charge is 0.392 e. The van der Waals surface area contributed by atoms with Gasteiger partial charge in [0.2, 0.25) is 10.0 Å². The van der Waals surface area contributed by atoms with Crippen molar-refractivity contribution in [1.29, 1.82) is 0 Å². The maximum atomic E-state index is 13.9. The Morgan fingerprint density at radius 3 is 2.48 bits per heavy atom. The van der Waals surface area contributed by atoms with E-state index in [0.717, 1.165) is 22.5 Å². The number of β-amino-alcohol motifs (C(OH)–C–C–N with tert-alkyl or cyclic N) is 1. The molecule has 4 nitrogen and oxygen atoms in total. The molecule has 0 spiro atoms. The second-order valence-electron chi connectivity index (χ2n) is 6.26. The van der Waals surface area contributed by atoms with E-state index in [0.29, 0.717) is 0 Å². The van der Waals surface area contributed by atoms with Gasteiger partial charge in [0, 0.05) is 12.1 Å². The zero-order valence-corrected chi connectivity index (χ0v) is 13.0. The highest BCUT2D eigenvalue weighted by Gasteiger charge is 2.45. The highest BCUT2D eigenvalue weighted by molar-refractivity contribution is 7.90. The topological polar surface area (TPSA) is 57.6 Å². The van der Waals surface area contributed by atoms with E-state index in [1.165, 1.54) is 20.8 Å². The number of hydrogen-bond donors (Lipinski definition) is 1. The van der Waals surface area contributed by atoms with Crippen molar-refractivity contribution in [2.24, 2.45) is 0 Å². The Morgan fingerprint density at radius 2 is 1.90 bits per heavy atom. The SMILES string of the molecule is CC(C)(C)S(=O)(=O)N1CC(O)CC1c1cc(F)ccc1F. The zero-order valence-electron chi connectivity index (χ0n) is 12.2. The van der Waals surface area contributed by atoms with Crippen LogP contribution in [0.4, 0.5) is 8.78 Å². The summed E-state index contributed by atoms with van der Waals surface area (Å²) < 4.78 is 52.4. The third-order valence-electron chi connectivity index (χ3n) is 3.63. The number of aliphatic hydroxyl groups excluding tert-OH is 1. The fraction of sp³-hybridized carbons (Fsp3) is 0.571. The minimum atomic E-state index is -3.75. The lowest BCUT2D eigenvalue weighted by atomic mass is 10.0. The number of aliphatic hydroxyl groups is 1. The van der Waals surface area contributed by atoms with Gasteiger partial charge in [-0.2, -0.15) is 4.31 Å². The van der Waals surface area contributed by atoms with Crippen LogP contribution in [0.1, 0.15) is 38.8 Å². The summed E-state index contributed by atoms with van der Waals surface area (Å²) in [6.07, 6.45) is -0.842. The molecule has 0 saturated carbocycles. The Kier molecular flexibility index (Phi) is 4.12. The molecule has 0 bridgehead atoms. The number of hydrogen-bond acceptors (Lipinski definition) is 3. The van der Waals surface area contributed by atoms with Crippen molar-refractivity contribution in [3.8, 4) is 0 Å². The lowest BCUT2D eigenvalue weighted by Crippen LogP contribution is -2.43. The normalized spacial score (nSPS) is 24.5. The molecule has 118 valence electrons. The van der Waals surface area contributed by atoms with Crippen LogP contribution in [-0.2, 0) is 10.0 Å². The maximum absolute atomic E-state index is 13.9. The van der Waals surface area contributed by atoms with Crippen molar-refractivity contribution >= 4 is 10.0 Å². The van der Waals surface area contributed by atoms with E-state index in [1.807, 2.05) is 0 Å². The summed E-state index contributed by atoms with van der Waals surface area (Å²) in [5.41, 5.74) is -0.0422. The summed E-state index contributed by atoms with van der Waals surface area (Å²) in [4.78, 5) is 0. The maximum Gasteiger partial charge on any atom is 0.219 e. The predicted octanol–water partition coefficient (Wildman–Crippen LogP) is 2.20. The number of benzene rings is 1. The third kappa shape index (κ3) is 2.95. The van der Waals surface area contributed by atoms with E-state index in [1.54, 1.807) is 0 Å². The first-order valence-electron chi connectivity index (χ1n) is 6.68. The molecule has 1 aromatic rings. The molecule has 1 aromatic carbocycles. The third-order valence-corrected chi connectivity index (χ3v) is 6.20. The van der Waals surface area contributed by atoms with Crippen LogP contribution >= 0.6 is 0 Å². The number of sulfonamides is 1. The first-order chi connectivity index (χ1) is 9.54. The first kappa shape index (κ1) is 16.3. The van der Waals surface area contributed by atoms with Gasteiger partial charge in [0.25, 0.3) is 0 Å². The summed E-state index contributed by atoms with van der Waals surface area (Å²) in [7, 11) is -3.75. The van der Waals surface area contributed by atoms with Crippen LogP contribution in [0.25, 0.3) is 0 Å². The van der Waals surface area contributed by atoms with Gasteiger partial charge in [0.15, 0.2) is 0 Å². The van der Waals surface area contributed by atoms with Gasteiger partial charge in [0.1, 0.15) is 11.6 Å². The quantitative estimate of drug-likeness (QED) is 0.909. The average molecular weight is 319 g/mol. The molecule has 0 amide bonds. The van der Waals surface area contributed by atoms with Crippen molar-refractivity contribution in [3.63, 3.8) is 0 Å². The molecule has 0 radical (unpaired) electrons. The molecular weight excluding hydrogens is 300 g/mol. The van der Waals surface area contributed by atoms with Crippen LogP contribution in [0.15, 0.2) is 18.2 Å². The smallest absolute Gasteiger partial charge is 0.219 e. The second-order valence-corrected chi connectivity index (χ2v) is 8.90. The van der Waals surface area contributed by atoms with Gasteiger partial charge in [-0.3, -0.25) is 0 Å². The summed E-state index contributed by atoms with van der Waals surface area (Å²) in [6.45, 7) is 4.49. The molecule has 1 aliphatic heterocycles. The Labute approximate surface area is 123 Å². The van der Waals surface area contributed by atoms with Crippen LogP contribution in [0.5, 0.6) is 0 Å². The molecule has 0 aliphatic carbocycles. The van der Waals surface area contributed by atoms with E-state index in [9.17, 15) is 22.3 Å². The molecule has 21 heavy (non-hydrogen) atoms. The molecule has 1 fully saturated rings.